The van der Waals surface area contributed by atoms with Gasteiger partial charge in [0.15, 0.2) is 11.6 Å². The van der Waals surface area contributed by atoms with Crippen molar-refractivity contribution in [1.29, 1.82) is 0 Å². The monoisotopic (exact) mass is 418 g/mol. The van der Waals surface area contributed by atoms with Crippen molar-refractivity contribution in [2.75, 3.05) is 13.1 Å². The maximum Gasteiger partial charge on any atom is 0.407 e. The summed E-state index contributed by atoms with van der Waals surface area (Å²) in [5, 5.41) is 2.72. The Morgan fingerprint density at radius 2 is 2.00 bits per heavy atom. The lowest BCUT2D eigenvalue weighted by molar-refractivity contribution is 0.0451. The first kappa shape index (κ1) is 19.6. The molecule has 1 unspecified atom stereocenters. The van der Waals surface area contributed by atoms with Gasteiger partial charge in [-0.1, -0.05) is 15.9 Å². The fourth-order valence-electron chi connectivity index (χ4n) is 2.64. The van der Waals surface area contributed by atoms with Gasteiger partial charge < -0.3 is 15.0 Å². The Kier molecular flexibility index (Phi) is 6.03. The van der Waals surface area contributed by atoms with Crippen LogP contribution in [0.1, 0.15) is 44.0 Å². The summed E-state index contributed by atoms with van der Waals surface area (Å²) >= 11 is 3.06. The van der Waals surface area contributed by atoms with Crippen LogP contribution < -0.4 is 5.32 Å². The molecular weight excluding hydrogens is 398 g/mol. The summed E-state index contributed by atoms with van der Waals surface area (Å²) in [6.07, 6.45) is 0.759. The molecule has 0 radical (unpaired) electrons. The fraction of sp³-hybridized carbons (Fsp3) is 0.529. The van der Waals surface area contributed by atoms with Crippen molar-refractivity contribution in [3.05, 3.63) is 33.8 Å². The van der Waals surface area contributed by atoms with Gasteiger partial charge in [-0.15, -0.1) is 0 Å². The molecule has 138 valence electrons. The third-order valence-corrected chi connectivity index (χ3v) is 4.11. The second-order valence-electron chi connectivity index (χ2n) is 6.99. The molecule has 1 saturated heterocycles. The first-order chi connectivity index (χ1) is 11.6. The number of benzene rings is 1. The highest BCUT2D eigenvalue weighted by atomic mass is 79.9. The summed E-state index contributed by atoms with van der Waals surface area (Å²) in [5.41, 5.74) is -0.949. The number of hydrogen-bond acceptors (Lipinski definition) is 3. The van der Waals surface area contributed by atoms with Crippen LogP contribution in [0.15, 0.2) is 16.6 Å². The molecule has 1 aliphatic heterocycles. The van der Waals surface area contributed by atoms with Crippen LogP contribution in [0.4, 0.5) is 13.6 Å². The van der Waals surface area contributed by atoms with E-state index in [9.17, 15) is 18.4 Å². The smallest absolute Gasteiger partial charge is 0.407 e. The molecule has 0 saturated carbocycles. The van der Waals surface area contributed by atoms with Gasteiger partial charge in [-0.25, -0.2) is 13.6 Å². The van der Waals surface area contributed by atoms with Crippen LogP contribution in [0.3, 0.4) is 0 Å². The number of amides is 2. The zero-order valence-corrected chi connectivity index (χ0v) is 16.0. The Morgan fingerprint density at radius 3 is 2.64 bits per heavy atom. The number of hydrogen-bond donors (Lipinski definition) is 1. The number of alkyl carbamates (subject to hydrolysis) is 1. The minimum absolute atomic E-state index is 0.214. The number of ether oxygens (including phenoxy) is 1. The molecule has 0 aromatic heterocycles. The number of halogens is 3. The molecule has 1 heterocycles. The van der Waals surface area contributed by atoms with Gasteiger partial charge in [-0.05, 0) is 45.7 Å². The van der Waals surface area contributed by atoms with Gasteiger partial charge in [0.2, 0.25) is 0 Å². The van der Waals surface area contributed by atoms with Gasteiger partial charge >= 0.3 is 6.09 Å². The van der Waals surface area contributed by atoms with E-state index in [4.69, 9.17) is 4.74 Å². The number of piperidine rings is 1. The van der Waals surface area contributed by atoms with Crippen molar-refractivity contribution < 1.29 is 23.1 Å². The van der Waals surface area contributed by atoms with E-state index in [0.29, 0.717) is 19.4 Å². The largest absolute Gasteiger partial charge is 0.444 e. The molecule has 2 rings (SSSR count). The molecule has 0 bridgehead atoms. The van der Waals surface area contributed by atoms with E-state index in [1.54, 1.807) is 20.8 Å². The van der Waals surface area contributed by atoms with Crippen LogP contribution in [0.25, 0.3) is 0 Å². The second kappa shape index (κ2) is 7.68. The Morgan fingerprint density at radius 1 is 1.32 bits per heavy atom. The number of carbonyl (C=O) groups excluding carboxylic acids is 2. The summed E-state index contributed by atoms with van der Waals surface area (Å²) < 4.78 is 33.0. The van der Waals surface area contributed by atoms with Crippen LogP contribution >= 0.6 is 15.9 Å². The van der Waals surface area contributed by atoms with Gasteiger partial charge in [0.05, 0.1) is 5.56 Å². The Balaban J connectivity index is 2.06. The van der Waals surface area contributed by atoms with Gasteiger partial charge in [-0.3, -0.25) is 4.79 Å². The predicted molar refractivity (Wildman–Crippen MR) is 92.4 cm³/mol. The van der Waals surface area contributed by atoms with Crippen LogP contribution in [0.2, 0.25) is 0 Å². The van der Waals surface area contributed by atoms with Crippen molar-refractivity contribution in [3.8, 4) is 0 Å². The van der Waals surface area contributed by atoms with Crippen LogP contribution in [-0.4, -0.2) is 41.6 Å². The lowest BCUT2D eigenvalue weighted by atomic mass is 10.0. The van der Waals surface area contributed by atoms with Crippen LogP contribution in [0, 0.1) is 11.6 Å². The maximum absolute atomic E-state index is 13.9. The minimum Gasteiger partial charge on any atom is -0.444 e. The number of nitrogens with one attached hydrogen (secondary N) is 1. The van der Waals surface area contributed by atoms with Crippen molar-refractivity contribution in [3.63, 3.8) is 0 Å². The Bertz CT molecular complexity index is 677. The van der Waals surface area contributed by atoms with Crippen molar-refractivity contribution >= 4 is 27.9 Å². The lowest BCUT2D eigenvalue weighted by Crippen LogP contribution is -2.50. The molecule has 1 aromatic rings. The zero-order valence-electron chi connectivity index (χ0n) is 14.4. The van der Waals surface area contributed by atoms with E-state index in [0.717, 1.165) is 6.07 Å². The molecule has 8 heteroatoms. The van der Waals surface area contributed by atoms with Crippen LogP contribution in [0.5, 0.6) is 0 Å². The normalized spacial score (nSPS) is 18.0. The number of carbonyl (C=O) groups is 2. The highest BCUT2D eigenvalue weighted by Gasteiger charge is 2.29. The summed E-state index contributed by atoms with van der Waals surface area (Å²) in [7, 11) is 0. The SMILES string of the molecule is CC(C)(C)OC(=O)NC1CCCN(C(=O)c2cc(Br)cc(F)c2F)C1. The van der Waals surface area contributed by atoms with E-state index >= 15 is 0 Å². The first-order valence-electron chi connectivity index (χ1n) is 8.00. The summed E-state index contributed by atoms with van der Waals surface area (Å²) in [6, 6.07) is 1.92. The minimum atomic E-state index is -1.17. The van der Waals surface area contributed by atoms with Gasteiger partial charge in [0.25, 0.3) is 5.91 Å². The van der Waals surface area contributed by atoms with Crippen molar-refractivity contribution in [2.24, 2.45) is 0 Å². The second-order valence-corrected chi connectivity index (χ2v) is 7.90. The summed E-state index contributed by atoms with van der Waals surface area (Å²) in [5.74, 6) is -2.86. The lowest BCUT2D eigenvalue weighted by Gasteiger charge is -2.33. The molecule has 5 nitrogen and oxygen atoms in total. The van der Waals surface area contributed by atoms with Gasteiger partial charge in [-0.2, -0.15) is 0 Å². The summed E-state index contributed by atoms with van der Waals surface area (Å²) in [4.78, 5) is 25.8. The molecule has 25 heavy (non-hydrogen) atoms. The van der Waals surface area contributed by atoms with Gasteiger partial charge in [0.1, 0.15) is 5.60 Å². The molecule has 1 aliphatic rings. The van der Waals surface area contributed by atoms with E-state index < -0.39 is 29.2 Å². The third kappa shape index (κ3) is 5.39. The molecule has 0 spiro atoms. The first-order valence-corrected chi connectivity index (χ1v) is 8.79. The average molecular weight is 419 g/mol. The van der Waals surface area contributed by atoms with Crippen molar-refractivity contribution in [2.45, 2.75) is 45.3 Å². The molecule has 1 fully saturated rings. The molecule has 1 N–H and O–H groups in total. The Labute approximate surface area is 153 Å². The predicted octanol–water partition coefficient (Wildman–Crippen LogP) is 3.86. The van der Waals surface area contributed by atoms with Gasteiger partial charge in [0, 0.05) is 23.6 Å². The van der Waals surface area contributed by atoms with E-state index in [2.05, 4.69) is 21.2 Å². The zero-order chi connectivity index (χ0) is 18.8. The number of nitrogens with zero attached hydrogens (tertiary/aromatic N) is 1. The van der Waals surface area contributed by atoms with E-state index in [1.807, 2.05) is 0 Å². The number of rotatable bonds is 2. The highest BCUT2D eigenvalue weighted by molar-refractivity contribution is 9.10. The molecule has 0 aliphatic carbocycles. The fourth-order valence-corrected chi connectivity index (χ4v) is 3.07. The molecule has 2 amide bonds. The van der Waals surface area contributed by atoms with Crippen molar-refractivity contribution in [1.82, 2.24) is 10.2 Å². The number of likely N-dealkylation sites (tertiary alicyclic amines) is 1. The average Bonchev–Trinajstić information content (AvgIpc) is 2.48. The molecular formula is C17H21BrF2N2O3. The van der Waals surface area contributed by atoms with E-state index in [-0.39, 0.29) is 22.6 Å². The maximum atomic E-state index is 13.9. The topological polar surface area (TPSA) is 58.6 Å². The van der Waals surface area contributed by atoms with E-state index in [1.165, 1.54) is 11.0 Å². The highest BCUT2D eigenvalue weighted by Crippen LogP contribution is 2.22. The third-order valence-electron chi connectivity index (χ3n) is 3.65. The Hall–Kier alpha value is -1.70. The standard InChI is InChI=1S/C17H21BrF2N2O3/c1-17(2,3)25-16(24)21-11-5-4-6-22(9-11)15(23)12-7-10(18)8-13(19)14(12)20/h7-8,11H,4-6,9H2,1-3H3,(H,21,24). The van der Waals surface area contributed by atoms with Crippen LogP contribution in [-0.2, 0) is 4.74 Å². The summed E-state index contributed by atoms with van der Waals surface area (Å²) in [6.45, 7) is 5.90. The molecule has 1 aromatic carbocycles. The quantitative estimate of drug-likeness (QED) is 0.741. The molecule has 1 atom stereocenters.